The van der Waals surface area contributed by atoms with Gasteiger partial charge in [0, 0.05) is 58.0 Å². The number of nitrogens with one attached hydrogen (secondary N) is 1. The molecule has 1 unspecified atom stereocenters. The quantitative estimate of drug-likeness (QED) is 0.797. The van der Waals surface area contributed by atoms with E-state index in [-0.39, 0.29) is 0 Å². The molecule has 0 saturated carbocycles. The molecule has 0 aliphatic carbocycles. The number of hydrogen-bond donors (Lipinski definition) is 1. The molecule has 4 rings (SSSR count). The SMILES string of the molecule is Cn1ccnc1C1CNCCN1Cc1cccc(-c2cccnc2)c1. The van der Waals surface area contributed by atoms with Gasteiger partial charge in [-0.2, -0.15) is 0 Å². The zero-order valence-electron chi connectivity index (χ0n) is 14.5. The fraction of sp³-hybridized carbons (Fsp3) is 0.300. The van der Waals surface area contributed by atoms with Crippen LogP contribution in [0, 0.1) is 0 Å². The Hall–Kier alpha value is -2.50. The van der Waals surface area contributed by atoms with E-state index in [2.05, 4.69) is 62.1 Å². The molecule has 0 radical (unpaired) electrons. The van der Waals surface area contributed by atoms with Gasteiger partial charge in [-0.3, -0.25) is 9.88 Å². The summed E-state index contributed by atoms with van der Waals surface area (Å²) >= 11 is 0. The Morgan fingerprint density at radius 3 is 2.88 bits per heavy atom. The maximum Gasteiger partial charge on any atom is 0.127 e. The molecule has 25 heavy (non-hydrogen) atoms. The predicted octanol–water partition coefficient (Wildman–Crippen LogP) is 2.63. The van der Waals surface area contributed by atoms with Gasteiger partial charge in [0.15, 0.2) is 0 Å². The molecule has 0 spiro atoms. The van der Waals surface area contributed by atoms with Crippen LogP contribution in [-0.2, 0) is 13.6 Å². The highest BCUT2D eigenvalue weighted by Gasteiger charge is 2.26. The molecule has 128 valence electrons. The van der Waals surface area contributed by atoms with Crippen LogP contribution in [0.2, 0.25) is 0 Å². The highest BCUT2D eigenvalue weighted by Crippen LogP contribution is 2.25. The lowest BCUT2D eigenvalue weighted by Crippen LogP contribution is -2.46. The van der Waals surface area contributed by atoms with E-state index >= 15 is 0 Å². The van der Waals surface area contributed by atoms with Gasteiger partial charge in [-0.1, -0.05) is 24.3 Å². The zero-order valence-corrected chi connectivity index (χ0v) is 14.5. The number of piperazine rings is 1. The van der Waals surface area contributed by atoms with E-state index in [0.717, 1.165) is 37.6 Å². The van der Waals surface area contributed by atoms with Crippen LogP contribution < -0.4 is 5.32 Å². The number of nitrogens with zero attached hydrogens (tertiary/aromatic N) is 4. The molecule has 0 bridgehead atoms. The second-order valence-electron chi connectivity index (χ2n) is 6.53. The van der Waals surface area contributed by atoms with Gasteiger partial charge in [-0.05, 0) is 28.8 Å². The first-order chi connectivity index (χ1) is 12.3. The highest BCUT2D eigenvalue weighted by molar-refractivity contribution is 5.62. The highest BCUT2D eigenvalue weighted by atomic mass is 15.3. The third-order valence-corrected chi connectivity index (χ3v) is 4.82. The molecule has 1 aliphatic heterocycles. The molecular formula is C20H23N5. The standard InChI is InChI=1S/C20H23N5/c1-24-10-9-23-20(24)19-14-22-8-11-25(19)15-16-4-2-5-17(12-16)18-6-3-7-21-13-18/h2-7,9-10,12-13,19,22H,8,11,14-15H2,1H3. The van der Waals surface area contributed by atoms with Crippen molar-refractivity contribution in [3.63, 3.8) is 0 Å². The van der Waals surface area contributed by atoms with E-state index in [0.29, 0.717) is 6.04 Å². The van der Waals surface area contributed by atoms with Crippen LogP contribution in [0.5, 0.6) is 0 Å². The predicted molar refractivity (Wildman–Crippen MR) is 98.9 cm³/mol. The lowest BCUT2D eigenvalue weighted by atomic mass is 10.0. The summed E-state index contributed by atoms with van der Waals surface area (Å²) < 4.78 is 2.12. The van der Waals surface area contributed by atoms with Gasteiger partial charge in [0.05, 0.1) is 6.04 Å². The molecule has 5 heteroatoms. The van der Waals surface area contributed by atoms with Gasteiger partial charge in [0.1, 0.15) is 5.82 Å². The fourth-order valence-corrected chi connectivity index (χ4v) is 3.51. The van der Waals surface area contributed by atoms with Crippen molar-refractivity contribution in [2.45, 2.75) is 12.6 Å². The summed E-state index contributed by atoms with van der Waals surface area (Å²) in [6.45, 7) is 3.90. The normalized spacial score (nSPS) is 18.4. The van der Waals surface area contributed by atoms with E-state index in [1.807, 2.05) is 30.9 Å². The monoisotopic (exact) mass is 333 g/mol. The van der Waals surface area contributed by atoms with Crippen LogP contribution in [0.15, 0.2) is 61.2 Å². The molecule has 3 aromatic rings. The molecule has 1 N–H and O–H groups in total. The lowest BCUT2D eigenvalue weighted by Gasteiger charge is -2.35. The number of benzene rings is 1. The van der Waals surface area contributed by atoms with Crippen molar-refractivity contribution in [1.29, 1.82) is 0 Å². The zero-order chi connectivity index (χ0) is 17.1. The van der Waals surface area contributed by atoms with Crippen LogP contribution in [0.3, 0.4) is 0 Å². The van der Waals surface area contributed by atoms with Crippen LogP contribution in [-0.4, -0.2) is 39.1 Å². The van der Waals surface area contributed by atoms with Gasteiger partial charge < -0.3 is 9.88 Å². The van der Waals surface area contributed by atoms with E-state index in [4.69, 9.17) is 0 Å². The summed E-state index contributed by atoms with van der Waals surface area (Å²) in [7, 11) is 2.07. The largest absolute Gasteiger partial charge is 0.337 e. The van der Waals surface area contributed by atoms with Crippen LogP contribution in [0.1, 0.15) is 17.4 Å². The van der Waals surface area contributed by atoms with Gasteiger partial charge >= 0.3 is 0 Å². The van der Waals surface area contributed by atoms with E-state index in [9.17, 15) is 0 Å². The van der Waals surface area contributed by atoms with Crippen molar-refractivity contribution >= 4 is 0 Å². The fourth-order valence-electron chi connectivity index (χ4n) is 3.51. The molecule has 1 atom stereocenters. The molecule has 1 aromatic carbocycles. The minimum Gasteiger partial charge on any atom is -0.337 e. The Morgan fingerprint density at radius 1 is 1.16 bits per heavy atom. The Labute approximate surface area is 148 Å². The van der Waals surface area contributed by atoms with Crippen LogP contribution >= 0.6 is 0 Å². The molecule has 2 aromatic heterocycles. The first-order valence-electron chi connectivity index (χ1n) is 8.72. The van der Waals surface area contributed by atoms with Crippen molar-refractivity contribution in [3.05, 3.63) is 72.6 Å². The topological polar surface area (TPSA) is 46.0 Å². The van der Waals surface area contributed by atoms with Gasteiger partial charge in [-0.25, -0.2) is 4.98 Å². The van der Waals surface area contributed by atoms with Crippen molar-refractivity contribution < 1.29 is 0 Å². The van der Waals surface area contributed by atoms with E-state index < -0.39 is 0 Å². The molecule has 1 saturated heterocycles. The first kappa shape index (κ1) is 16.0. The summed E-state index contributed by atoms with van der Waals surface area (Å²) in [4.78, 5) is 11.3. The minimum absolute atomic E-state index is 0.302. The molecular weight excluding hydrogens is 310 g/mol. The van der Waals surface area contributed by atoms with Crippen molar-refractivity contribution in [3.8, 4) is 11.1 Å². The first-order valence-corrected chi connectivity index (χ1v) is 8.72. The maximum absolute atomic E-state index is 4.57. The molecule has 0 amide bonds. The Bertz CT molecular complexity index is 827. The smallest absolute Gasteiger partial charge is 0.127 e. The van der Waals surface area contributed by atoms with E-state index in [1.165, 1.54) is 11.1 Å². The minimum atomic E-state index is 0.302. The molecule has 5 nitrogen and oxygen atoms in total. The second kappa shape index (κ2) is 7.17. The summed E-state index contributed by atoms with van der Waals surface area (Å²) in [5.41, 5.74) is 3.70. The average molecular weight is 333 g/mol. The molecule has 1 fully saturated rings. The van der Waals surface area contributed by atoms with Gasteiger partial charge in [0.2, 0.25) is 0 Å². The number of pyridine rings is 1. The number of aromatic nitrogens is 3. The van der Waals surface area contributed by atoms with Gasteiger partial charge in [0.25, 0.3) is 0 Å². The van der Waals surface area contributed by atoms with Crippen LogP contribution in [0.25, 0.3) is 11.1 Å². The average Bonchev–Trinajstić information content (AvgIpc) is 3.09. The Balaban J connectivity index is 1.57. The third kappa shape index (κ3) is 3.48. The Kier molecular flexibility index (Phi) is 4.59. The molecule has 1 aliphatic rings. The number of aryl methyl sites for hydroxylation is 1. The lowest BCUT2D eigenvalue weighted by molar-refractivity contribution is 0.145. The van der Waals surface area contributed by atoms with Crippen LogP contribution in [0.4, 0.5) is 0 Å². The second-order valence-corrected chi connectivity index (χ2v) is 6.53. The van der Waals surface area contributed by atoms with Crippen molar-refractivity contribution in [2.75, 3.05) is 19.6 Å². The van der Waals surface area contributed by atoms with E-state index in [1.54, 1.807) is 0 Å². The van der Waals surface area contributed by atoms with Crippen molar-refractivity contribution in [1.82, 2.24) is 24.8 Å². The number of imidazole rings is 1. The summed E-state index contributed by atoms with van der Waals surface area (Å²) in [6, 6.07) is 13.1. The molecule has 3 heterocycles. The summed E-state index contributed by atoms with van der Waals surface area (Å²) in [5, 5.41) is 3.50. The Morgan fingerprint density at radius 2 is 2.08 bits per heavy atom. The third-order valence-electron chi connectivity index (χ3n) is 4.82. The number of rotatable bonds is 4. The number of hydrogen-bond acceptors (Lipinski definition) is 4. The van der Waals surface area contributed by atoms with Crippen molar-refractivity contribution in [2.24, 2.45) is 7.05 Å². The maximum atomic E-state index is 4.57. The summed E-state index contributed by atoms with van der Waals surface area (Å²) in [5.74, 6) is 1.12. The summed E-state index contributed by atoms with van der Waals surface area (Å²) in [6.07, 6.45) is 7.63. The van der Waals surface area contributed by atoms with Gasteiger partial charge in [-0.15, -0.1) is 0 Å².